The standard InChI is InChI=1S/C5H11N2.U/c1-7-4-2-6-3-5-7;/h2-5H2,1H3;/q-1;. The fraction of sp³-hybridized carbons (Fsp3) is 1.00. The SMILES string of the molecule is CN1CC[N-]CC1.[U]. The third-order valence-corrected chi connectivity index (χ3v) is 1.28. The van der Waals surface area contributed by atoms with E-state index < -0.39 is 0 Å². The van der Waals surface area contributed by atoms with Crippen LogP contribution in [0.2, 0.25) is 0 Å². The van der Waals surface area contributed by atoms with E-state index in [0.717, 1.165) is 26.2 Å². The Balaban J connectivity index is 0.000000490. The molecule has 46 valence electrons. The van der Waals surface area contributed by atoms with Crippen molar-refractivity contribution in [3.63, 3.8) is 0 Å². The zero-order valence-electron chi connectivity index (χ0n) is 5.22. The van der Waals surface area contributed by atoms with Crippen LogP contribution in [0.5, 0.6) is 0 Å². The van der Waals surface area contributed by atoms with E-state index in [0.29, 0.717) is 0 Å². The summed E-state index contributed by atoms with van der Waals surface area (Å²) in [4.78, 5) is 2.30. The van der Waals surface area contributed by atoms with Crippen molar-refractivity contribution in [2.45, 2.75) is 0 Å². The number of nitrogens with zero attached hydrogens (tertiary/aromatic N) is 2. The maximum Gasteiger partial charge on any atom is 0 e. The average molecular weight is 337 g/mol. The molecule has 0 aromatic rings. The molecule has 1 fully saturated rings. The molecule has 1 aliphatic heterocycles. The number of piperazine rings is 1. The van der Waals surface area contributed by atoms with Gasteiger partial charge in [-0.15, -0.1) is 13.1 Å². The summed E-state index contributed by atoms with van der Waals surface area (Å²) in [5.41, 5.74) is 0. The Bertz CT molecular complexity index is 52.4. The molecule has 0 aromatic heterocycles. The molecule has 1 rings (SSSR count). The Hall–Kier alpha value is 0.972. The van der Waals surface area contributed by atoms with Crippen LogP contribution in [0.25, 0.3) is 5.32 Å². The van der Waals surface area contributed by atoms with Crippen LogP contribution in [0.3, 0.4) is 0 Å². The van der Waals surface area contributed by atoms with Crippen LogP contribution in [-0.4, -0.2) is 38.1 Å². The Morgan fingerprint density at radius 1 is 1.25 bits per heavy atom. The van der Waals surface area contributed by atoms with Gasteiger partial charge in [0, 0.05) is 31.1 Å². The molecule has 0 saturated carbocycles. The van der Waals surface area contributed by atoms with Gasteiger partial charge in [0.1, 0.15) is 0 Å². The Morgan fingerprint density at radius 2 is 1.75 bits per heavy atom. The molecule has 0 atom stereocenters. The molecule has 0 unspecified atom stereocenters. The van der Waals surface area contributed by atoms with Gasteiger partial charge in [-0.1, -0.05) is 0 Å². The summed E-state index contributed by atoms with van der Waals surface area (Å²) in [6.45, 7) is 4.38. The van der Waals surface area contributed by atoms with Crippen LogP contribution >= 0.6 is 0 Å². The van der Waals surface area contributed by atoms with Crippen molar-refractivity contribution in [2.24, 2.45) is 0 Å². The smallest absolute Gasteiger partial charge is 0 e. The van der Waals surface area contributed by atoms with Crippen molar-refractivity contribution in [2.75, 3.05) is 33.2 Å². The number of likely N-dealkylation sites (N-methyl/N-ethyl adjacent to an activating group) is 1. The van der Waals surface area contributed by atoms with Crippen LogP contribution in [0.1, 0.15) is 0 Å². The molecule has 0 bridgehead atoms. The van der Waals surface area contributed by atoms with E-state index in [-0.39, 0.29) is 31.1 Å². The first-order valence-electron chi connectivity index (χ1n) is 2.71. The van der Waals surface area contributed by atoms with Gasteiger partial charge in [0.05, 0.1) is 0 Å². The molecule has 0 N–H and O–H groups in total. The van der Waals surface area contributed by atoms with E-state index in [1.165, 1.54) is 0 Å². The summed E-state index contributed by atoms with van der Waals surface area (Å²) in [6, 6.07) is 0. The largest absolute Gasteiger partial charge is 0.660 e. The van der Waals surface area contributed by atoms with Crippen LogP contribution in [0.4, 0.5) is 0 Å². The van der Waals surface area contributed by atoms with Gasteiger partial charge in [-0.25, -0.2) is 0 Å². The van der Waals surface area contributed by atoms with Crippen LogP contribution in [-0.2, 0) is 0 Å². The summed E-state index contributed by atoms with van der Waals surface area (Å²) in [5.74, 6) is 0. The molecular weight excluding hydrogens is 326 g/mol. The Kier molecular flexibility index (Phi) is 5.40. The van der Waals surface area contributed by atoms with Gasteiger partial charge < -0.3 is 10.2 Å². The third kappa shape index (κ3) is 3.09. The third-order valence-electron chi connectivity index (χ3n) is 1.28. The topological polar surface area (TPSA) is 17.3 Å². The summed E-state index contributed by atoms with van der Waals surface area (Å²) in [5, 5.41) is 4.19. The summed E-state index contributed by atoms with van der Waals surface area (Å²) >= 11 is 0. The minimum atomic E-state index is 0. The van der Waals surface area contributed by atoms with Crippen molar-refractivity contribution in [1.82, 2.24) is 4.90 Å². The molecule has 1 saturated heterocycles. The molecule has 0 aliphatic carbocycles. The predicted molar refractivity (Wildman–Crippen MR) is 30.6 cm³/mol. The molecule has 1 aliphatic rings. The van der Waals surface area contributed by atoms with Gasteiger partial charge in [-0.05, 0) is 20.1 Å². The molecule has 8 heavy (non-hydrogen) atoms. The van der Waals surface area contributed by atoms with Gasteiger partial charge in [0.2, 0.25) is 0 Å². The summed E-state index contributed by atoms with van der Waals surface area (Å²) in [7, 11) is 2.13. The van der Waals surface area contributed by atoms with Gasteiger partial charge in [0.15, 0.2) is 0 Å². The van der Waals surface area contributed by atoms with E-state index in [1.54, 1.807) is 0 Å². The van der Waals surface area contributed by atoms with Gasteiger partial charge in [0.25, 0.3) is 0 Å². The van der Waals surface area contributed by atoms with E-state index in [1.807, 2.05) is 0 Å². The van der Waals surface area contributed by atoms with Crippen molar-refractivity contribution in [3.05, 3.63) is 5.32 Å². The number of rotatable bonds is 0. The van der Waals surface area contributed by atoms with Crippen LogP contribution in [0, 0.1) is 31.1 Å². The zero-order chi connectivity index (χ0) is 5.11. The van der Waals surface area contributed by atoms with Crippen LogP contribution in [0.15, 0.2) is 0 Å². The monoisotopic (exact) mass is 337 g/mol. The first kappa shape index (κ1) is 8.97. The molecule has 1 heterocycles. The molecule has 3 heteroatoms. The molecule has 2 nitrogen and oxygen atoms in total. The normalized spacial score (nSPS) is 22.1. The maximum atomic E-state index is 4.19. The summed E-state index contributed by atoms with van der Waals surface area (Å²) < 4.78 is 0. The van der Waals surface area contributed by atoms with Crippen molar-refractivity contribution in [3.8, 4) is 0 Å². The fourth-order valence-electron chi connectivity index (χ4n) is 0.706. The maximum absolute atomic E-state index is 4.19. The number of hydrogen-bond acceptors (Lipinski definition) is 1. The minimum Gasteiger partial charge on any atom is -0.660 e. The molecule has 0 spiro atoms. The second kappa shape index (κ2) is 4.81. The van der Waals surface area contributed by atoms with Gasteiger partial charge in [-0.2, -0.15) is 0 Å². The Morgan fingerprint density at radius 3 is 2.00 bits per heavy atom. The molecule has 0 aromatic carbocycles. The van der Waals surface area contributed by atoms with E-state index in [9.17, 15) is 0 Å². The second-order valence-corrected chi connectivity index (χ2v) is 1.97. The van der Waals surface area contributed by atoms with E-state index in [2.05, 4.69) is 17.3 Å². The first-order chi connectivity index (χ1) is 3.39. The average Bonchev–Trinajstić information content (AvgIpc) is 1.69. The molecule has 0 radical (unpaired) electrons. The fourth-order valence-corrected chi connectivity index (χ4v) is 0.706. The van der Waals surface area contributed by atoms with Crippen molar-refractivity contribution >= 4 is 0 Å². The van der Waals surface area contributed by atoms with E-state index >= 15 is 0 Å². The van der Waals surface area contributed by atoms with Crippen LogP contribution < -0.4 is 0 Å². The van der Waals surface area contributed by atoms with Crippen molar-refractivity contribution in [1.29, 1.82) is 0 Å². The molecular formula is C5H11N2U-. The predicted octanol–water partition coefficient (Wildman–Crippen LogP) is 0.305. The summed E-state index contributed by atoms with van der Waals surface area (Å²) in [6.07, 6.45) is 0. The Labute approximate surface area is 74.4 Å². The van der Waals surface area contributed by atoms with Gasteiger partial charge >= 0.3 is 0 Å². The van der Waals surface area contributed by atoms with Crippen molar-refractivity contribution < 1.29 is 31.1 Å². The zero-order valence-corrected chi connectivity index (χ0v) is 9.39. The quantitative estimate of drug-likeness (QED) is 0.622. The first-order valence-corrected chi connectivity index (χ1v) is 2.71. The second-order valence-electron chi connectivity index (χ2n) is 1.97. The van der Waals surface area contributed by atoms with E-state index in [4.69, 9.17) is 0 Å². The minimum absolute atomic E-state index is 0. The number of hydrogen-bond donors (Lipinski definition) is 0. The van der Waals surface area contributed by atoms with Gasteiger partial charge in [-0.3, -0.25) is 0 Å². The molecule has 0 amide bonds.